The van der Waals surface area contributed by atoms with Crippen molar-refractivity contribution in [2.45, 2.75) is 37.8 Å². The van der Waals surface area contributed by atoms with E-state index < -0.39 is 0 Å². The molecular weight excluding hydrogens is 194 g/mol. The minimum absolute atomic E-state index is 0.0167. The monoisotopic (exact) mass is 211 g/mol. The van der Waals surface area contributed by atoms with E-state index in [1.807, 2.05) is 0 Å². The van der Waals surface area contributed by atoms with Crippen LogP contribution in [0, 0.1) is 0 Å². The summed E-state index contributed by atoms with van der Waals surface area (Å²) in [6.45, 7) is 1.87. The van der Waals surface area contributed by atoms with Crippen molar-refractivity contribution in [3.63, 3.8) is 0 Å². The summed E-state index contributed by atoms with van der Waals surface area (Å²) in [5.41, 5.74) is 0. The lowest BCUT2D eigenvalue weighted by atomic mass is 10.1. The molecule has 2 fully saturated rings. The maximum Gasteiger partial charge on any atom is 0.242 e. The average Bonchev–Trinajstić information content (AvgIpc) is 2.66. The minimum atomic E-state index is -0.306. The van der Waals surface area contributed by atoms with Crippen LogP contribution >= 0.6 is 0 Å². The summed E-state index contributed by atoms with van der Waals surface area (Å²) in [7, 11) is 0. The second kappa shape index (κ2) is 4.61. The van der Waals surface area contributed by atoms with E-state index in [-0.39, 0.29) is 23.9 Å². The summed E-state index contributed by atoms with van der Waals surface area (Å²) in [4.78, 5) is 22.7. The first-order chi connectivity index (χ1) is 7.25. The topological polar surface area (TPSA) is 70.2 Å². The molecule has 0 spiro atoms. The molecule has 3 N–H and O–H groups in total. The van der Waals surface area contributed by atoms with Crippen LogP contribution < -0.4 is 16.0 Å². The highest BCUT2D eigenvalue weighted by molar-refractivity contribution is 5.90. The van der Waals surface area contributed by atoms with Gasteiger partial charge in [0.1, 0.15) is 6.04 Å². The average molecular weight is 211 g/mol. The van der Waals surface area contributed by atoms with Gasteiger partial charge in [-0.05, 0) is 25.8 Å². The van der Waals surface area contributed by atoms with E-state index in [1.165, 1.54) is 0 Å². The summed E-state index contributed by atoms with van der Waals surface area (Å²) >= 11 is 0. The molecule has 0 bridgehead atoms. The molecular formula is C10H17N3O2. The van der Waals surface area contributed by atoms with Crippen LogP contribution in [0.15, 0.2) is 0 Å². The number of hydrogen-bond donors (Lipinski definition) is 3. The molecule has 2 amide bonds. The first-order valence-electron chi connectivity index (χ1n) is 5.56. The van der Waals surface area contributed by atoms with E-state index in [9.17, 15) is 9.59 Å². The Kier molecular flexibility index (Phi) is 3.20. The molecule has 0 aromatic carbocycles. The predicted molar refractivity (Wildman–Crippen MR) is 55.2 cm³/mol. The lowest BCUT2D eigenvalue weighted by Crippen LogP contribution is -2.50. The van der Waals surface area contributed by atoms with Gasteiger partial charge in [-0.1, -0.05) is 0 Å². The number of carbonyl (C=O) groups excluding carboxylic acids is 2. The summed E-state index contributed by atoms with van der Waals surface area (Å²) in [5.74, 6) is -0.0496. The zero-order chi connectivity index (χ0) is 10.7. The Morgan fingerprint density at radius 2 is 2.27 bits per heavy atom. The first kappa shape index (κ1) is 10.4. The van der Waals surface area contributed by atoms with Gasteiger partial charge in [0.15, 0.2) is 0 Å². The molecule has 1 unspecified atom stereocenters. The molecule has 0 aliphatic carbocycles. The quantitative estimate of drug-likeness (QED) is 0.556. The van der Waals surface area contributed by atoms with Crippen LogP contribution in [0.2, 0.25) is 0 Å². The van der Waals surface area contributed by atoms with Crippen molar-refractivity contribution < 1.29 is 9.59 Å². The molecule has 0 saturated carbocycles. The van der Waals surface area contributed by atoms with Crippen molar-refractivity contribution in [1.82, 2.24) is 16.0 Å². The highest BCUT2D eigenvalue weighted by atomic mass is 16.2. The fraction of sp³-hybridized carbons (Fsp3) is 0.800. The van der Waals surface area contributed by atoms with Crippen LogP contribution in [0.5, 0.6) is 0 Å². The fourth-order valence-corrected chi connectivity index (χ4v) is 2.09. The molecule has 2 atom stereocenters. The molecule has 84 valence electrons. The molecule has 2 saturated heterocycles. The fourth-order valence-electron chi connectivity index (χ4n) is 2.09. The van der Waals surface area contributed by atoms with Crippen LogP contribution in [-0.4, -0.2) is 37.0 Å². The van der Waals surface area contributed by atoms with Crippen LogP contribution in [0.4, 0.5) is 0 Å². The van der Waals surface area contributed by atoms with Crippen molar-refractivity contribution in [1.29, 1.82) is 0 Å². The molecule has 2 rings (SSSR count). The zero-order valence-corrected chi connectivity index (χ0v) is 8.71. The van der Waals surface area contributed by atoms with Crippen LogP contribution in [0.1, 0.15) is 25.7 Å². The molecule has 15 heavy (non-hydrogen) atoms. The maximum absolute atomic E-state index is 11.7. The summed E-state index contributed by atoms with van der Waals surface area (Å²) in [6.07, 6.45) is 3.23. The number of amides is 2. The molecule has 2 heterocycles. The highest BCUT2D eigenvalue weighted by Crippen LogP contribution is 2.08. The number of carbonyl (C=O) groups is 2. The predicted octanol–water partition coefficient (Wildman–Crippen LogP) is -0.867. The van der Waals surface area contributed by atoms with Gasteiger partial charge in [0.2, 0.25) is 11.8 Å². The van der Waals surface area contributed by atoms with Crippen molar-refractivity contribution in [2.75, 3.05) is 13.1 Å². The Labute approximate surface area is 89.0 Å². The summed E-state index contributed by atoms with van der Waals surface area (Å²) < 4.78 is 0. The summed E-state index contributed by atoms with van der Waals surface area (Å²) in [6, 6.07) is -0.0804. The van der Waals surface area contributed by atoms with Gasteiger partial charge >= 0.3 is 0 Å². The second-order valence-electron chi connectivity index (χ2n) is 4.21. The molecule has 0 radical (unpaired) electrons. The zero-order valence-electron chi connectivity index (χ0n) is 8.71. The third-order valence-electron chi connectivity index (χ3n) is 2.96. The molecule has 2 aliphatic rings. The van der Waals surface area contributed by atoms with E-state index in [2.05, 4.69) is 16.0 Å². The van der Waals surface area contributed by atoms with Gasteiger partial charge in [0.05, 0.1) is 0 Å². The SMILES string of the molecule is O=C1CCC(C(=O)N[C@H]2CCCNC2)N1. The largest absolute Gasteiger partial charge is 0.350 e. The second-order valence-corrected chi connectivity index (χ2v) is 4.21. The maximum atomic E-state index is 11.7. The van der Waals surface area contributed by atoms with Crippen LogP contribution in [-0.2, 0) is 9.59 Å². The molecule has 2 aliphatic heterocycles. The Morgan fingerprint density at radius 1 is 1.40 bits per heavy atom. The van der Waals surface area contributed by atoms with Crippen LogP contribution in [0.3, 0.4) is 0 Å². The lowest BCUT2D eigenvalue weighted by molar-refractivity contribution is -0.126. The van der Waals surface area contributed by atoms with Gasteiger partial charge in [0, 0.05) is 19.0 Å². The van der Waals surface area contributed by atoms with Crippen molar-refractivity contribution in [2.24, 2.45) is 0 Å². The number of rotatable bonds is 2. The Balaban J connectivity index is 1.78. The Bertz CT molecular complexity index is 261. The summed E-state index contributed by atoms with van der Waals surface area (Å²) in [5, 5.41) is 8.87. The van der Waals surface area contributed by atoms with Gasteiger partial charge in [0.25, 0.3) is 0 Å². The Hall–Kier alpha value is -1.10. The lowest BCUT2D eigenvalue weighted by Gasteiger charge is -2.25. The molecule has 5 heteroatoms. The first-order valence-corrected chi connectivity index (χ1v) is 5.56. The van der Waals surface area contributed by atoms with Gasteiger partial charge in [-0.15, -0.1) is 0 Å². The molecule has 5 nitrogen and oxygen atoms in total. The van der Waals surface area contributed by atoms with E-state index >= 15 is 0 Å². The van der Waals surface area contributed by atoms with Crippen molar-refractivity contribution in [3.05, 3.63) is 0 Å². The number of hydrogen-bond acceptors (Lipinski definition) is 3. The minimum Gasteiger partial charge on any atom is -0.350 e. The van der Waals surface area contributed by atoms with Crippen molar-refractivity contribution >= 4 is 11.8 Å². The van der Waals surface area contributed by atoms with Crippen LogP contribution in [0.25, 0.3) is 0 Å². The normalized spacial score (nSPS) is 31.1. The van der Waals surface area contributed by atoms with E-state index in [0.717, 1.165) is 25.9 Å². The molecule has 0 aromatic heterocycles. The smallest absolute Gasteiger partial charge is 0.242 e. The van der Waals surface area contributed by atoms with Gasteiger partial charge in [-0.2, -0.15) is 0 Å². The van der Waals surface area contributed by atoms with E-state index in [0.29, 0.717) is 12.8 Å². The third kappa shape index (κ3) is 2.68. The van der Waals surface area contributed by atoms with Gasteiger partial charge in [-0.3, -0.25) is 9.59 Å². The van der Waals surface area contributed by atoms with E-state index in [4.69, 9.17) is 0 Å². The third-order valence-corrected chi connectivity index (χ3v) is 2.96. The molecule has 0 aromatic rings. The highest BCUT2D eigenvalue weighted by Gasteiger charge is 2.28. The van der Waals surface area contributed by atoms with Gasteiger partial charge < -0.3 is 16.0 Å². The van der Waals surface area contributed by atoms with Crippen molar-refractivity contribution in [3.8, 4) is 0 Å². The van der Waals surface area contributed by atoms with Gasteiger partial charge in [-0.25, -0.2) is 0 Å². The number of nitrogens with one attached hydrogen (secondary N) is 3. The van der Waals surface area contributed by atoms with E-state index in [1.54, 1.807) is 0 Å². The standard InChI is InChI=1S/C10H17N3O2/c14-9-4-3-8(13-9)10(15)12-7-2-1-5-11-6-7/h7-8,11H,1-6H2,(H,12,15)(H,13,14)/t7-,8?/m0/s1. The number of piperidine rings is 1. The Morgan fingerprint density at radius 3 is 2.87 bits per heavy atom.